The molecule has 0 aliphatic rings. The number of rotatable bonds is 7. The van der Waals surface area contributed by atoms with Gasteiger partial charge in [-0.15, -0.1) is 11.8 Å². The van der Waals surface area contributed by atoms with Crippen LogP contribution in [0.5, 0.6) is 0 Å². The van der Waals surface area contributed by atoms with E-state index < -0.39 is 0 Å². The van der Waals surface area contributed by atoms with Crippen molar-refractivity contribution in [3.63, 3.8) is 0 Å². The molecule has 0 bridgehead atoms. The van der Waals surface area contributed by atoms with Gasteiger partial charge < -0.3 is 14.3 Å². The molecule has 4 heterocycles. The maximum absolute atomic E-state index is 13.0. The molecule has 0 unspecified atom stereocenters. The van der Waals surface area contributed by atoms with E-state index in [0.717, 1.165) is 28.5 Å². The van der Waals surface area contributed by atoms with E-state index in [2.05, 4.69) is 20.6 Å². The van der Waals surface area contributed by atoms with E-state index in [1.165, 1.54) is 11.8 Å². The lowest BCUT2D eigenvalue weighted by Gasteiger charge is -2.10. The van der Waals surface area contributed by atoms with E-state index in [1.807, 2.05) is 32.9 Å². The number of anilines is 1. The molecule has 154 valence electrons. The van der Waals surface area contributed by atoms with Crippen molar-refractivity contribution >= 4 is 23.5 Å². The SMILES string of the molecule is Cc1ccc(Cn2nccc2NC(=O)c2cccnc2SCc2c(C)noc2C)o1. The molecule has 0 radical (unpaired) electrons. The van der Waals surface area contributed by atoms with Gasteiger partial charge in [0.05, 0.1) is 17.5 Å². The maximum atomic E-state index is 13.0. The molecule has 9 heteroatoms. The zero-order chi connectivity index (χ0) is 21.1. The molecule has 0 spiro atoms. The van der Waals surface area contributed by atoms with Gasteiger partial charge in [-0.25, -0.2) is 9.67 Å². The van der Waals surface area contributed by atoms with Crippen LogP contribution < -0.4 is 5.32 Å². The molecule has 0 atom stereocenters. The van der Waals surface area contributed by atoms with E-state index in [9.17, 15) is 4.79 Å². The Bertz CT molecular complexity index is 1160. The molecule has 4 aromatic heterocycles. The highest BCUT2D eigenvalue weighted by Crippen LogP contribution is 2.27. The molecule has 0 saturated heterocycles. The van der Waals surface area contributed by atoms with Gasteiger partial charge in [-0.2, -0.15) is 5.10 Å². The number of carbonyl (C=O) groups excluding carboxylic acids is 1. The number of carbonyl (C=O) groups is 1. The van der Waals surface area contributed by atoms with Gasteiger partial charge in [0.2, 0.25) is 0 Å². The summed E-state index contributed by atoms with van der Waals surface area (Å²) < 4.78 is 12.5. The van der Waals surface area contributed by atoms with E-state index in [4.69, 9.17) is 8.94 Å². The van der Waals surface area contributed by atoms with Crippen molar-refractivity contribution in [2.75, 3.05) is 5.32 Å². The first-order valence-electron chi connectivity index (χ1n) is 9.39. The summed E-state index contributed by atoms with van der Waals surface area (Å²) in [6.45, 7) is 6.10. The zero-order valence-electron chi connectivity index (χ0n) is 16.9. The van der Waals surface area contributed by atoms with Gasteiger partial charge in [0.1, 0.15) is 34.7 Å². The number of amides is 1. The van der Waals surface area contributed by atoms with Crippen LogP contribution in [0.4, 0.5) is 5.82 Å². The smallest absolute Gasteiger partial charge is 0.259 e. The number of furan rings is 1. The van der Waals surface area contributed by atoms with Crippen molar-refractivity contribution in [1.82, 2.24) is 19.9 Å². The number of aryl methyl sites for hydroxylation is 3. The Kier molecular flexibility index (Phi) is 5.71. The first-order chi connectivity index (χ1) is 14.5. The van der Waals surface area contributed by atoms with Crippen LogP contribution in [0.3, 0.4) is 0 Å². The fraction of sp³-hybridized carbons (Fsp3) is 0.238. The largest absolute Gasteiger partial charge is 0.464 e. The Balaban J connectivity index is 1.49. The molecule has 1 N–H and O–H groups in total. The molecular formula is C21H21N5O3S. The fourth-order valence-electron chi connectivity index (χ4n) is 2.99. The third kappa shape index (κ3) is 4.30. The summed E-state index contributed by atoms with van der Waals surface area (Å²) in [5.74, 6) is 3.33. The zero-order valence-corrected chi connectivity index (χ0v) is 17.7. The van der Waals surface area contributed by atoms with Crippen molar-refractivity contribution < 1.29 is 13.7 Å². The summed E-state index contributed by atoms with van der Waals surface area (Å²) in [5.41, 5.74) is 2.36. The lowest BCUT2D eigenvalue weighted by molar-refractivity contribution is 0.102. The molecule has 0 aromatic carbocycles. The highest BCUT2D eigenvalue weighted by Gasteiger charge is 2.17. The lowest BCUT2D eigenvalue weighted by Crippen LogP contribution is -2.17. The van der Waals surface area contributed by atoms with E-state index in [-0.39, 0.29) is 5.91 Å². The van der Waals surface area contributed by atoms with E-state index >= 15 is 0 Å². The third-order valence-corrected chi connectivity index (χ3v) is 5.64. The number of thioether (sulfide) groups is 1. The highest BCUT2D eigenvalue weighted by atomic mass is 32.2. The monoisotopic (exact) mass is 423 g/mol. The summed E-state index contributed by atoms with van der Waals surface area (Å²) in [4.78, 5) is 17.4. The Morgan fingerprint density at radius 2 is 2.03 bits per heavy atom. The predicted octanol–water partition coefficient (Wildman–Crippen LogP) is 4.38. The minimum atomic E-state index is -0.248. The molecule has 8 nitrogen and oxygen atoms in total. The lowest BCUT2D eigenvalue weighted by atomic mass is 10.2. The quantitative estimate of drug-likeness (QED) is 0.440. The Labute approximate surface area is 177 Å². The van der Waals surface area contributed by atoms with Gasteiger partial charge in [-0.1, -0.05) is 5.16 Å². The van der Waals surface area contributed by atoms with Crippen LogP contribution in [0.2, 0.25) is 0 Å². The highest BCUT2D eigenvalue weighted by molar-refractivity contribution is 7.98. The maximum Gasteiger partial charge on any atom is 0.259 e. The second-order valence-electron chi connectivity index (χ2n) is 6.79. The number of hydrogen-bond donors (Lipinski definition) is 1. The molecular weight excluding hydrogens is 402 g/mol. The Morgan fingerprint density at radius 1 is 1.17 bits per heavy atom. The average molecular weight is 423 g/mol. The number of nitrogens with one attached hydrogen (secondary N) is 1. The van der Waals surface area contributed by atoms with E-state index in [0.29, 0.717) is 28.7 Å². The van der Waals surface area contributed by atoms with Gasteiger partial charge in [-0.05, 0) is 45.0 Å². The van der Waals surface area contributed by atoms with Crippen LogP contribution >= 0.6 is 11.8 Å². The summed E-state index contributed by atoms with van der Waals surface area (Å²) >= 11 is 1.47. The molecule has 30 heavy (non-hydrogen) atoms. The summed E-state index contributed by atoms with van der Waals surface area (Å²) in [7, 11) is 0. The first-order valence-corrected chi connectivity index (χ1v) is 10.4. The summed E-state index contributed by atoms with van der Waals surface area (Å²) in [5, 5.41) is 11.8. The van der Waals surface area contributed by atoms with Crippen molar-refractivity contribution in [2.24, 2.45) is 0 Å². The van der Waals surface area contributed by atoms with Crippen LogP contribution in [0, 0.1) is 20.8 Å². The van der Waals surface area contributed by atoms with Gasteiger partial charge in [-0.3, -0.25) is 4.79 Å². The predicted molar refractivity (Wildman–Crippen MR) is 113 cm³/mol. The molecule has 4 aromatic rings. The number of nitrogens with zero attached hydrogens (tertiary/aromatic N) is 4. The van der Waals surface area contributed by atoms with Crippen LogP contribution in [-0.4, -0.2) is 25.8 Å². The number of pyridine rings is 1. The van der Waals surface area contributed by atoms with Gasteiger partial charge in [0.15, 0.2) is 0 Å². The van der Waals surface area contributed by atoms with Crippen molar-refractivity contribution in [3.05, 3.63) is 76.8 Å². The standard InChI is InChI=1S/C21H21N5O3S/c1-13-6-7-16(28-13)11-26-19(8-10-23-26)24-20(27)17-5-4-9-22-21(17)30-12-18-14(2)25-29-15(18)3/h4-10H,11-12H2,1-3H3,(H,24,27). The first kappa shape index (κ1) is 20.0. The minimum absolute atomic E-state index is 0.248. The molecule has 0 fully saturated rings. The van der Waals surface area contributed by atoms with Gasteiger partial charge in [0, 0.05) is 23.6 Å². The fourth-order valence-corrected chi connectivity index (χ4v) is 4.14. The van der Waals surface area contributed by atoms with Crippen molar-refractivity contribution in [2.45, 2.75) is 38.1 Å². The Hall–Kier alpha value is -3.33. The molecule has 0 aliphatic carbocycles. The normalized spacial score (nSPS) is 11.0. The molecule has 0 aliphatic heterocycles. The second-order valence-corrected chi connectivity index (χ2v) is 7.75. The minimum Gasteiger partial charge on any atom is -0.464 e. The number of hydrogen-bond acceptors (Lipinski definition) is 7. The van der Waals surface area contributed by atoms with Gasteiger partial charge >= 0.3 is 0 Å². The Morgan fingerprint density at radius 3 is 2.77 bits per heavy atom. The van der Waals surface area contributed by atoms with Crippen LogP contribution in [0.25, 0.3) is 0 Å². The van der Waals surface area contributed by atoms with Crippen LogP contribution in [0.1, 0.15) is 38.9 Å². The number of aromatic nitrogens is 4. The van der Waals surface area contributed by atoms with E-state index in [1.54, 1.807) is 35.3 Å². The summed E-state index contributed by atoms with van der Waals surface area (Å²) in [6.07, 6.45) is 3.32. The molecule has 4 rings (SSSR count). The molecule has 1 amide bonds. The third-order valence-electron chi connectivity index (χ3n) is 4.61. The van der Waals surface area contributed by atoms with Crippen LogP contribution in [0.15, 0.2) is 56.7 Å². The average Bonchev–Trinajstić information content (AvgIpc) is 3.43. The van der Waals surface area contributed by atoms with Crippen LogP contribution in [-0.2, 0) is 12.3 Å². The van der Waals surface area contributed by atoms with Crippen molar-refractivity contribution in [1.29, 1.82) is 0 Å². The topological polar surface area (TPSA) is 99.0 Å². The van der Waals surface area contributed by atoms with Crippen molar-refractivity contribution in [3.8, 4) is 0 Å². The van der Waals surface area contributed by atoms with Gasteiger partial charge in [0.25, 0.3) is 5.91 Å². The molecule has 0 saturated carbocycles. The second kappa shape index (κ2) is 8.58. The summed E-state index contributed by atoms with van der Waals surface area (Å²) in [6, 6.07) is 9.05.